The molecule has 1 fully saturated rings. The van der Waals surface area contributed by atoms with Gasteiger partial charge in [-0.2, -0.15) is 0 Å². The molecule has 3 heteroatoms. The van der Waals surface area contributed by atoms with Crippen LogP contribution >= 0.6 is 0 Å². The molecule has 1 heterocycles. The number of rotatable bonds is 1. The molecule has 2 N–H and O–H groups in total. The lowest BCUT2D eigenvalue weighted by Gasteiger charge is -2.18. The Labute approximate surface area is 54.6 Å². The molecule has 51 valence electrons. The van der Waals surface area contributed by atoms with Gasteiger partial charge in [-0.05, 0) is 25.9 Å². The Hall–Kier alpha value is -0.570. The van der Waals surface area contributed by atoms with Gasteiger partial charge < -0.3 is 5.32 Å². The standard InChI is InChI=1S/C6H11N2O/c7-6(9)5-1-3-8-4-2-5/h5,7-8H,1-4H2. The van der Waals surface area contributed by atoms with Gasteiger partial charge in [-0.3, -0.25) is 10.5 Å². The molecule has 1 aliphatic rings. The van der Waals surface area contributed by atoms with E-state index in [9.17, 15) is 4.79 Å². The summed E-state index contributed by atoms with van der Waals surface area (Å²) in [6, 6.07) is 0. The van der Waals surface area contributed by atoms with Crippen LogP contribution in [0.2, 0.25) is 0 Å². The van der Waals surface area contributed by atoms with Crippen molar-refractivity contribution in [2.75, 3.05) is 13.1 Å². The third-order valence-electron chi connectivity index (χ3n) is 1.71. The van der Waals surface area contributed by atoms with E-state index in [1.807, 2.05) is 0 Å². The molecule has 1 radical (unpaired) electrons. The molecule has 0 aromatic rings. The second-order valence-corrected chi connectivity index (χ2v) is 2.39. The van der Waals surface area contributed by atoms with Crippen molar-refractivity contribution < 1.29 is 4.79 Å². The van der Waals surface area contributed by atoms with E-state index < -0.39 is 5.91 Å². The van der Waals surface area contributed by atoms with Gasteiger partial charge in [0.2, 0.25) is 5.91 Å². The summed E-state index contributed by atoms with van der Waals surface area (Å²) in [5.74, 6) is -0.372. The Morgan fingerprint density at radius 1 is 1.44 bits per heavy atom. The number of piperidine rings is 1. The average Bonchev–Trinajstić information content (AvgIpc) is 1.90. The highest BCUT2D eigenvalue weighted by Gasteiger charge is 2.17. The zero-order valence-electron chi connectivity index (χ0n) is 5.31. The van der Waals surface area contributed by atoms with Gasteiger partial charge in [-0.15, -0.1) is 0 Å². The summed E-state index contributed by atoms with van der Waals surface area (Å²) in [6.07, 6.45) is 1.70. The van der Waals surface area contributed by atoms with Crippen molar-refractivity contribution in [1.29, 1.82) is 0 Å². The Bertz CT molecular complexity index is 108. The fourth-order valence-electron chi connectivity index (χ4n) is 1.08. The Morgan fingerprint density at radius 2 is 2.00 bits per heavy atom. The molecular formula is C6H11N2O. The average molecular weight is 127 g/mol. The van der Waals surface area contributed by atoms with E-state index in [-0.39, 0.29) is 5.92 Å². The lowest BCUT2D eigenvalue weighted by molar-refractivity contribution is -0.123. The highest BCUT2D eigenvalue weighted by molar-refractivity contribution is 5.75. The smallest absolute Gasteiger partial charge is 0.241 e. The maximum atomic E-state index is 10.4. The molecule has 0 spiro atoms. The molecule has 1 aliphatic heterocycles. The van der Waals surface area contributed by atoms with Crippen LogP contribution in [0.15, 0.2) is 0 Å². The number of hydrogen-bond acceptors (Lipinski definition) is 2. The minimum Gasteiger partial charge on any atom is -0.317 e. The molecule has 1 saturated heterocycles. The number of hydrogen-bond donors (Lipinski definition) is 1. The first-order chi connectivity index (χ1) is 4.30. The SMILES string of the molecule is [NH]C(=O)C1CCNCC1. The third kappa shape index (κ3) is 1.68. The van der Waals surface area contributed by atoms with Gasteiger partial charge in [-0.25, -0.2) is 0 Å². The van der Waals surface area contributed by atoms with Crippen molar-refractivity contribution in [3.05, 3.63) is 0 Å². The maximum Gasteiger partial charge on any atom is 0.241 e. The first kappa shape index (κ1) is 6.55. The van der Waals surface area contributed by atoms with Crippen molar-refractivity contribution in [3.8, 4) is 0 Å². The summed E-state index contributed by atoms with van der Waals surface area (Å²) in [5.41, 5.74) is 6.81. The van der Waals surface area contributed by atoms with Crippen molar-refractivity contribution in [3.63, 3.8) is 0 Å². The zero-order chi connectivity index (χ0) is 6.69. The second kappa shape index (κ2) is 2.82. The number of carbonyl (C=O) groups is 1. The van der Waals surface area contributed by atoms with Crippen LogP contribution in [0.5, 0.6) is 0 Å². The topological polar surface area (TPSA) is 52.9 Å². The molecule has 0 aromatic heterocycles. The first-order valence-electron chi connectivity index (χ1n) is 3.27. The summed E-state index contributed by atoms with van der Waals surface area (Å²) in [6.45, 7) is 1.80. The van der Waals surface area contributed by atoms with E-state index >= 15 is 0 Å². The van der Waals surface area contributed by atoms with Gasteiger partial charge in [0.05, 0.1) is 0 Å². The maximum absolute atomic E-state index is 10.4. The van der Waals surface area contributed by atoms with Gasteiger partial charge in [0.25, 0.3) is 0 Å². The summed E-state index contributed by atoms with van der Waals surface area (Å²) in [5, 5.41) is 3.13. The van der Waals surface area contributed by atoms with Crippen LogP contribution in [-0.4, -0.2) is 19.0 Å². The van der Waals surface area contributed by atoms with Crippen LogP contribution in [0.1, 0.15) is 12.8 Å². The van der Waals surface area contributed by atoms with Crippen LogP contribution < -0.4 is 11.1 Å². The lowest BCUT2D eigenvalue weighted by Crippen LogP contribution is -2.32. The van der Waals surface area contributed by atoms with E-state index in [0.717, 1.165) is 25.9 Å². The van der Waals surface area contributed by atoms with Gasteiger partial charge in [0, 0.05) is 5.92 Å². The van der Waals surface area contributed by atoms with Crippen molar-refractivity contribution in [2.45, 2.75) is 12.8 Å². The van der Waals surface area contributed by atoms with Gasteiger partial charge >= 0.3 is 0 Å². The Morgan fingerprint density at radius 3 is 2.33 bits per heavy atom. The predicted octanol–water partition coefficient (Wildman–Crippen LogP) is -0.205. The highest BCUT2D eigenvalue weighted by atomic mass is 16.1. The van der Waals surface area contributed by atoms with Crippen LogP contribution in [-0.2, 0) is 4.79 Å². The van der Waals surface area contributed by atoms with Crippen LogP contribution in [0.25, 0.3) is 0 Å². The largest absolute Gasteiger partial charge is 0.317 e. The quantitative estimate of drug-likeness (QED) is 0.530. The molecule has 0 saturated carbocycles. The summed E-state index contributed by atoms with van der Waals surface area (Å²) >= 11 is 0. The van der Waals surface area contributed by atoms with Crippen LogP contribution in [0.4, 0.5) is 0 Å². The second-order valence-electron chi connectivity index (χ2n) is 2.39. The van der Waals surface area contributed by atoms with E-state index in [4.69, 9.17) is 5.73 Å². The van der Waals surface area contributed by atoms with E-state index in [1.165, 1.54) is 0 Å². The van der Waals surface area contributed by atoms with E-state index in [0.29, 0.717) is 0 Å². The molecule has 0 aromatic carbocycles. The minimum atomic E-state index is -0.392. The molecule has 1 amide bonds. The molecule has 0 aliphatic carbocycles. The number of carbonyl (C=O) groups excluding carboxylic acids is 1. The normalized spacial score (nSPS) is 21.8. The summed E-state index contributed by atoms with van der Waals surface area (Å²) in [7, 11) is 0. The molecular weight excluding hydrogens is 116 g/mol. The fraction of sp³-hybridized carbons (Fsp3) is 0.833. The van der Waals surface area contributed by atoms with Gasteiger partial charge in [-0.1, -0.05) is 0 Å². The van der Waals surface area contributed by atoms with E-state index in [1.54, 1.807) is 0 Å². The fourth-order valence-corrected chi connectivity index (χ4v) is 1.08. The van der Waals surface area contributed by atoms with E-state index in [2.05, 4.69) is 5.32 Å². The highest BCUT2D eigenvalue weighted by Crippen LogP contribution is 2.10. The molecule has 0 bridgehead atoms. The third-order valence-corrected chi connectivity index (χ3v) is 1.71. The zero-order valence-corrected chi connectivity index (χ0v) is 5.31. The number of amides is 1. The van der Waals surface area contributed by atoms with Crippen molar-refractivity contribution in [2.24, 2.45) is 5.92 Å². The Kier molecular flexibility index (Phi) is 2.05. The number of nitrogens with one attached hydrogen (secondary N) is 2. The van der Waals surface area contributed by atoms with Crippen molar-refractivity contribution >= 4 is 5.91 Å². The van der Waals surface area contributed by atoms with Crippen molar-refractivity contribution in [1.82, 2.24) is 11.1 Å². The Balaban J connectivity index is 2.31. The predicted molar refractivity (Wildman–Crippen MR) is 33.7 cm³/mol. The molecule has 0 unspecified atom stereocenters. The molecule has 0 atom stereocenters. The molecule has 3 nitrogen and oxygen atoms in total. The monoisotopic (exact) mass is 127 g/mol. The summed E-state index contributed by atoms with van der Waals surface area (Å²) in [4.78, 5) is 10.4. The molecule has 1 rings (SSSR count). The lowest BCUT2D eigenvalue weighted by atomic mass is 9.98. The first-order valence-corrected chi connectivity index (χ1v) is 3.27. The molecule has 9 heavy (non-hydrogen) atoms. The minimum absolute atomic E-state index is 0.0197. The van der Waals surface area contributed by atoms with Crippen LogP contribution in [0.3, 0.4) is 0 Å². The van der Waals surface area contributed by atoms with Crippen LogP contribution in [0, 0.1) is 5.92 Å². The van der Waals surface area contributed by atoms with Gasteiger partial charge in [0.15, 0.2) is 0 Å². The summed E-state index contributed by atoms with van der Waals surface area (Å²) < 4.78 is 0. The van der Waals surface area contributed by atoms with Gasteiger partial charge in [0.1, 0.15) is 0 Å².